The summed E-state index contributed by atoms with van der Waals surface area (Å²) in [6.45, 7) is 1.18. The number of fused-ring (bicyclic) bond motifs is 2. The molecule has 0 radical (unpaired) electrons. The van der Waals surface area contributed by atoms with Gasteiger partial charge in [0.05, 0.1) is 24.0 Å². The first-order chi connectivity index (χ1) is 9.79. The molecule has 0 spiro atoms. The summed E-state index contributed by atoms with van der Waals surface area (Å²) >= 11 is 1.79. The zero-order valence-corrected chi connectivity index (χ0v) is 12.2. The Morgan fingerprint density at radius 1 is 1.05 bits per heavy atom. The molecule has 1 heterocycles. The van der Waals surface area contributed by atoms with Gasteiger partial charge in [0.15, 0.2) is 0 Å². The van der Waals surface area contributed by atoms with Crippen LogP contribution >= 0.6 is 11.8 Å². The van der Waals surface area contributed by atoms with Crippen LogP contribution in [0.1, 0.15) is 0 Å². The number of hydrogen-bond acceptors (Lipinski definition) is 4. The Kier molecular flexibility index (Phi) is 3.96. The Morgan fingerprint density at radius 3 is 2.15 bits per heavy atom. The highest BCUT2D eigenvalue weighted by Crippen LogP contribution is 2.47. The second-order valence-electron chi connectivity index (χ2n) is 4.86. The minimum atomic E-state index is -0.399. The van der Waals surface area contributed by atoms with E-state index in [1.165, 1.54) is 21.2 Å². The van der Waals surface area contributed by atoms with E-state index in [0.29, 0.717) is 13.1 Å². The fourth-order valence-corrected chi connectivity index (χ4v) is 3.58. The Labute approximate surface area is 123 Å². The lowest BCUT2D eigenvalue weighted by atomic mass is 10.2. The number of aliphatic hydroxyl groups is 1. The molecule has 0 amide bonds. The molecule has 3 rings (SSSR count). The number of rotatable bonds is 4. The number of likely N-dealkylation sites (N-methyl/N-ethyl adjacent to an activating group) is 1. The second kappa shape index (κ2) is 5.87. The summed E-state index contributed by atoms with van der Waals surface area (Å²) in [5.74, 6) is 0. The third kappa shape index (κ3) is 2.54. The third-order valence-electron chi connectivity index (χ3n) is 3.37. The maximum Gasteiger partial charge on any atom is 0.0843 e. The number of nitrogens with zero attached hydrogens (tertiary/aromatic N) is 1. The number of hydrogen-bond donors (Lipinski definition) is 2. The molecule has 0 fully saturated rings. The fourth-order valence-electron chi connectivity index (χ4n) is 2.49. The van der Waals surface area contributed by atoms with Gasteiger partial charge in [0, 0.05) is 16.3 Å². The van der Waals surface area contributed by atoms with Crippen molar-refractivity contribution in [3.63, 3.8) is 0 Å². The molecule has 1 aliphatic heterocycles. The van der Waals surface area contributed by atoms with Crippen LogP contribution in [0.5, 0.6) is 0 Å². The lowest BCUT2D eigenvalue weighted by molar-refractivity contribution is 0.182. The first-order valence-corrected chi connectivity index (χ1v) is 7.57. The number of para-hydroxylation sites is 2. The largest absolute Gasteiger partial charge is 0.390 e. The summed E-state index contributed by atoms with van der Waals surface area (Å²) in [6.07, 6.45) is -0.399. The molecule has 1 atom stereocenters. The molecule has 4 heteroatoms. The van der Waals surface area contributed by atoms with Crippen molar-refractivity contribution in [2.45, 2.75) is 15.9 Å². The van der Waals surface area contributed by atoms with Crippen molar-refractivity contribution in [2.24, 2.45) is 0 Å². The molecule has 104 valence electrons. The molecule has 2 aromatic rings. The van der Waals surface area contributed by atoms with E-state index in [0.717, 1.165) is 0 Å². The van der Waals surface area contributed by atoms with Crippen molar-refractivity contribution in [1.82, 2.24) is 5.32 Å². The maximum atomic E-state index is 10.1. The topological polar surface area (TPSA) is 35.5 Å². The lowest BCUT2D eigenvalue weighted by Gasteiger charge is -2.34. The number of β-amino-alcohol motifs (C(OH)–C–C–N with tert-alkyl or cyclic N) is 1. The molecular formula is C16H18N2OS. The molecule has 2 aromatic carbocycles. The van der Waals surface area contributed by atoms with Crippen molar-refractivity contribution < 1.29 is 5.11 Å². The van der Waals surface area contributed by atoms with Crippen molar-refractivity contribution in [1.29, 1.82) is 0 Å². The van der Waals surface area contributed by atoms with E-state index in [2.05, 4.69) is 46.6 Å². The van der Waals surface area contributed by atoms with E-state index in [1.807, 2.05) is 19.2 Å². The standard InChI is InChI=1S/C16H18N2OS/c1-17-10-12(19)11-18-13-6-2-4-8-15(13)20-16-9-5-3-7-14(16)18/h2-9,12,17,19H,10-11H2,1H3. The number of anilines is 2. The SMILES string of the molecule is CNCC(O)CN1c2ccccc2Sc2ccccc21. The molecule has 0 saturated carbocycles. The average molecular weight is 286 g/mol. The van der Waals surface area contributed by atoms with Gasteiger partial charge in [-0.3, -0.25) is 0 Å². The van der Waals surface area contributed by atoms with Crippen LogP contribution in [-0.2, 0) is 0 Å². The minimum Gasteiger partial charge on any atom is -0.390 e. The predicted molar refractivity (Wildman–Crippen MR) is 83.9 cm³/mol. The summed E-state index contributed by atoms with van der Waals surface area (Å²) < 4.78 is 0. The highest BCUT2D eigenvalue weighted by atomic mass is 32.2. The zero-order chi connectivity index (χ0) is 13.9. The van der Waals surface area contributed by atoms with Gasteiger partial charge in [0.2, 0.25) is 0 Å². The summed E-state index contributed by atoms with van der Waals surface area (Å²) in [7, 11) is 1.86. The van der Waals surface area contributed by atoms with Crippen LogP contribution in [0.4, 0.5) is 11.4 Å². The summed E-state index contributed by atoms with van der Waals surface area (Å²) in [4.78, 5) is 4.69. The first-order valence-electron chi connectivity index (χ1n) is 6.75. The highest BCUT2D eigenvalue weighted by molar-refractivity contribution is 7.99. The molecule has 1 unspecified atom stereocenters. The van der Waals surface area contributed by atoms with Crippen molar-refractivity contribution in [3.8, 4) is 0 Å². The predicted octanol–water partition coefficient (Wildman–Crippen LogP) is 2.87. The van der Waals surface area contributed by atoms with E-state index in [-0.39, 0.29) is 0 Å². The quantitative estimate of drug-likeness (QED) is 0.906. The van der Waals surface area contributed by atoms with Crippen LogP contribution in [0.3, 0.4) is 0 Å². The summed E-state index contributed by atoms with van der Waals surface area (Å²) in [5.41, 5.74) is 2.35. The molecule has 20 heavy (non-hydrogen) atoms. The highest BCUT2D eigenvalue weighted by Gasteiger charge is 2.24. The van der Waals surface area contributed by atoms with Crippen molar-refractivity contribution in [2.75, 3.05) is 25.0 Å². The molecule has 1 aliphatic rings. The third-order valence-corrected chi connectivity index (χ3v) is 4.50. The van der Waals surface area contributed by atoms with Crippen molar-refractivity contribution in [3.05, 3.63) is 48.5 Å². The first kappa shape index (κ1) is 13.5. The van der Waals surface area contributed by atoms with Gasteiger partial charge in [0.25, 0.3) is 0 Å². The van der Waals surface area contributed by atoms with Gasteiger partial charge < -0.3 is 15.3 Å². The average Bonchev–Trinajstić information content (AvgIpc) is 2.47. The molecule has 2 N–H and O–H groups in total. The zero-order valence-electron chi connectivity index (χ0n) is 11.4. The Balaban J connectivity index is 1.99. The summed E-state index contributed by atoms with van der Waals surface area (Å²) in [5, 5.41) is 13.2. The molecule has 0 saturated heterocycles. The molecule has 3 nitrogen and oxygen atoms in total. The summed E-state index contributed by atoms with van der Waals surface area (Å²) in [6, 6.07) is 16.7. The van der Waals surface area contributed by atoms with Crippen LogP contribution < -0.4 is 10.2 Å². The Hall–Kier alpha value is -1.49. The molecule has 0 aliphatic carbocycles. The Morgan fingerprint density at radius 2 is 1.60 bits per heavy atom. The molecule has 0 aromatic heterocycles. The van der Waals surface area contributed by atoms with E-state index < -0.39 is 6.10 Å². The van der Waals surface area contributed by atoms with Crippen LogP contribution in [0.2, 0.25) is 0 Å². The monoisotopic (exact) mass is 286 g/mol. The van der Waals surface area contributed by atoms with Crippen molar-refractivity contribution >= 4 is 23.1 Å². The number of benzene rings is 2. The molecular weight excluding hydrogens is 268 g/mol. The normalized spacial score (nSPS) is 14.6. The van der Waals surface area contributed by atoms with E-state index in [1.54, 1.807) is 11.8 Å². The number of nitrogens with one attached hydrogen (secondary N) is 1. The van der Waals surface area contributed by atoms with Crippen LogP contribution in [0.15, 0.2) is 58.3 Å². The van der Waals surface area contributed by atoms with Gasteiger partial charge in [0.1, 0.15) is 0 Å². The smallest absolute Gasteiger partial charge is 0.0843 e. The van der Waals surface area contributed by atoms with Gasteiger partial charge >= 0.3 is 0 Å². The molecule has 0 bridgehead atoms. The van der Waals surface area contributed by atoms with Crippen LogP contribution in [-0.4, -0.2) is 31.3 Å². The fraction of sp³-hybridized carbons (Fsp3) is 0.250. The van der Waals surface area contributed by atoms with Gasteiger partial charge in [-0.2, -0.15) is 0 Å². The van der Waals surface area contributed by atoms with Gasteiger partial charge in [-0.15, -0.1) is 0 Å². The van der Waals surface area contributed by atoms with Crippen LogP contribution in [0.25, 0.3) is 0 Å². The van der Waals surface area contributed by atoms with Gasteiger partial charge in [-0.1, -0.05) is 36.0 Å². The number of aliphatic hydroxyl groups excluding tert-OH is 1. The van der Waals surface area contributed by atoms with Gasteiger partial charge in [-0.25, -0.2) is 0 Å². The maximum absolute atomic E-state index is 10.1. The Bertz CT molecular complexity index is 557. The van der Waals surface area contributed by atoms with E-state index in [4.69, 9.17) is 0 Å². The van der Waals surface area contributed by atoms with Gasteiger partial charge in [-0.05, 0) is 31.3 Å². The van der Waals surface area contributed by atoms with Crippen LogP contribution in [0, 0.1) is 0 Å². The second-order valence-corrected chi connectivity index (χ2v) is 5.94. The minimum absolute atomic E-state index is 0.399. The lowest BCUT2D eigenvalue weighted by Crippen LogP contribution is -2.36. The van der Waals surface area contributed by atoms with E-state index in [9.17, 15) is 5.11 Å². The van der Waals surface area contributed by atoms with E-state index >= 15 is 0 Å².